The summed E-state index contributed by atoms with van der Waals surface area (Å²) in [5.41, 5.74) is 0. The molecule has 0 aromatic carbocycles. The largest absolute Gasteiger partial charge is 0.396 e. The van der Waals surface area contributed by atoms with Crippen molar-refractivity contribution in [3.63, 3.8) is 0 Å². The molecule has 0 bridgehead atoms. The molecule has 0 aliphatic carbocycles. The SMILES string of the molecule is CC(C)C(CCO)NC1CCN2CCCC2C1. The molecule has 100 valence electrons. The highest BCUT2D eigenvalue weighted by Crippen LogP contribution is 2.27. The van der Waals surface area contributed by atoms with Gasteiger partial charge >= 0.3 is 0 Å². The first-order valence-electron chi connectivity index (χ1n) is 7.31. The fourth-order valence-electron chi connectivity index (χ4n) is 3.43. The van der Waals surface area contributed by atoms with Gasteiger partial charge in [0.05, 0.1) is 0 Å². The van der Waals surface area contributed by atoms with Crippen molar-refractivity contribution in [3.05, 3.63) is 0 Å². The lowest BCUT2D eigenvalue weighted by Crippen LogP contribution is -2.50. The average Bonchev–Trinajstić information content (AvgIpc) is 2.75. The molecular weight excluding hydrogens is 212 g/mol. The van der Waals surface area contributed by atoms with Gasteiger partial charge in [0.25, 0.3) is 0 Å². The Balaban J connectivity index is 1.81. The van der Waals surface area contributed by atoms with Crippen molar-refractivity contribution in [2.75, 3.05) is 19.7 Å². The van der Waals surface area contributed by atoms with Gasteiger partial charge < -0.3 is 15.3 Å². The molecule has 0 amide bonds. The molecule has 3 heteroatoms. The molecule has 0 spiro atoms. The quantitative estimate of drug-likeness (QED) is 0.766. The topological polar surface area (TPSA) is 35.5 Å². The summed E-state index contributed by atoms with van der Waals surface area (Å²) in [7, 11) is 0. The second-order valence-electron chi connectivity index (χ2n) is 6.08. The van der Waals surface area contributed by atoms with Crippen LogP contribution in [-0.2, 0) is 0 Å². The zero-order chi connectivity index (χ0) is 12.3. The van der Waals surface area contributed by atoms with Gasteiger partial charge in [0.2, 0.25) is 0 Å². The van der Waals surface area contributed by atoms with Gasteiger partial charge in [-0.1, -0.05) is 13.8 Å². The fourth-order valence-corrected chi connectivity index (χ4v) is 3.43. The molecule has 2 N–H and O–H groups in total. The molecule has 2 heterocycles. The Morgan fingerprint density at radius 2 is 2.12 bits per heavy atom. The first-order valence-corrected chi connectivity index (χ1v) is 7.31. The van der Waals surface area contributed by atoms with Crippen molar-refractivity contribution >= 4 is 0 Å². The van der Waals surface area contributed by atoms with Crippen LogP contribution in [-0.4, -0.2) is 47.8 Å². The molecular formula is C14H28N2O. The van der Waals surface area contributed by atoms with E-state index < -0.39 is 0 Å². The van der Waals surface area contributed by atoms with Gasteiger partial charge in [0.15, 0.2) is 0 Å². The van der Waals surface area contributed by atoms with E-state index in [-0.39, 0.29) is 0 Å². The molecule has 3 unspecified atom stereocenters. The lowest BCUT2D eigenvalue weighted by Gasteiger charge is -2.37. The highest BCUT2D eigenvalue weighted by molar-refractivity contribution is 4.90. The van der Waals surface area contributed by atoms with Gasteiger partial charge in [-0.15, -0.1) is 0 Å². The van der Waals surface area contributed by atoms with Crippen LogP contribution < -0.4 is 5.32 Å². The molecule has 2 aliphatic heterocycles. The van der Waals surface area contributed by atoms with Crippen LogP contribution in [0.2, 0.25) is 0 Å². The van der Waals surface area contributed by atoms with Crippen LogP contribution in [0.1, 0.15) is 46.0 Å². The summed E-state index contributed by atoms with van der Waals surface area (Å²) in [5, 5.41) is 12.9. The van der Waals surface area contributed by atoms with E-state index in [1.165, 1.54) is 38.8 Å². The van der Waals surface area contributed by atoms with Crippen LogP contribution in [0.3, 0.4) is 0 Å². The summed E-state index contributed by atoms with van der Waals surface area (Å²) in [6.07, 6.45) is 6.27. The zero-order valence-corrected chi connectivity index (χ0v) is 11.4. The van der Waals surface area contributed by atoms with E-state index in [1.807, 2.05) is 0 Å². The smallest absolute Gasteiger partial charge is 0.0445 e. The maximum absolute atomic E-state index is 9.12. The Kier molecular flexibility index (Phi) is 4.83. The molecule has 3 nitrogen and oxygen atoms in total. The number of hydrogen-bond acceptors (Lipinski definition) is 3. The van der Waals surface area contributed by atoms with Gasteiger partial charge in [-0.25, -0.2) is 0 Å². The maximum atomic E-state index is 9.12. The van der Waals surface area contributed by atoms with Crippen LogP contribution in [0.4, 0.5) is 0 Å². The summed E-state index contributed by atoms with van der Waals surface area (Å²) in [6.45, 7) is 7.39. The number of fused-ring (bicyclic) bond motifs is 1. The monoisotopic (exact) mass is 240 g/mol. The van der Waals surface area contributed by atoms with Crippen LogP contribution in [0.25, 0.3) is 0 Å². The number of aliphatic hydroxyl groups is 1. The molecule has 0 aromatic rings. The number of nitrogens with zero attached hydrogens (tertiary/aromatic N) is 1. The highest BCUT2D eigenvalue weighted by atomic mass is 16.3. The van der Waals surface area contributed by atoms with Crippen molar-refractivity contribution in [1.82, 2.24) is 10.2 Å². The molecule has 0 radical (unpaired) electrons. The van der Waals surface area contributed by atoms with Crippen molar-refractivity contribution in [2.45, 2.75) is 64.1 Å². The van der Waals surface area contributed by atoms with E-state index in [9.17, 15) is 0 Å². The van der Waals surface area contributed by atoms with Gasteiger partial charge in [0, 0.05) is 24.7 Å². The minimum Gasteiger partial charge on any atom is -0.396 e. The molecule has 3 atom stereocenters. The number of nitrogens with one attached hydrogen (secondary N) is 1. The van der Waals surface area contributed by atoms with Crippen LogP contribution in [0, 0.1) is 5.92 Å². The van der Waals surface area contributed by atoms with Crippen LogP contribution >= 0.6 is 0 Å². The Labute approximate surface area is 106 Å². The molecule has 0 saturated carbocycles. The summed E-state index contributed by atoms with van der Waals surface area (Å²) < 4.78 is 0. The lowest BCUT2D eigenvalue weighted by molar-refractivity contribution is 0.148. The van der Waals surface area contributed by atoms with Crippen molar-refractivity contribution in [2.24, 2.45) is 5.92 Å². The number of hydrogen-bond donors (Lipinski definition) is 2. The van der Waals surface area contributed by atoms with Crippen molar-refractivity contribution in [1.29, 1.82) is 0 Å². The Hall–Kier alpha value is -0.120. The predicted molar refractivity (Wildman–Crippen MR) is 71.1 cm³/mol. The fraction of sp³-hybridized carbons (Fsp3) is 1.00. The zero-order valence-electron chi connectivity index (χ0n) is 11.4. The molecule has 2 aliphatic rings. The molecule has 2 rings (SSSR count). The third kappa shape index (κ3) is 3.43. The molecule has 2 fully saturated rings. The second-order valence-corrected chi connectivity index (χ2v) is 6.08. The summed E-state index contributed by atoms with van der Waals surface area (Å²) in [5.74, 6) is 0.615. The molecule has 0 aromatic heterocycles. The van der Waals surface area contributed by atoms with E-state index in [4.69, 9.17) is 5.11 Å². The van der Waals surface area contributed by atoms with E-state index in [2.05, 4.69) is 24.1 Å². The van der Waals surface area contributed by atoms with E-state index in [0.717, 1.165) is 12.5 Å². The maximum Gasteiger partial charge on any atom is 0.0445 e. The molecule has 17 heavy (non-hydrogen) atoms. The predicted octanol–water partition coefficient (Wildman–Crippen LogP) is 1.61. The highest BCUT2D eigenvalue weighted by Gasteiger charge is 2.32. The van der Waals surface area contributed by atoms with Gasteiger partial charge in [-0.05, 0) is 51.1 Å². The van der Waals surface area contributed by atoms with E-state index in [0.29, 0.717) is 24.6 Å². The van der Waals surface area contributed by atoms with E-state index in [1.54, 1.807) is 0 Å². The second kappa shape index (κ2) is 6.17. The Morgan fingerprint density at radius 3 is 2.82 bits per heavy atom. The lowest BCUT2D eigenvalue weighted by atomic mass is 9.94. The van der Waals surface area contributed by atoms with E-state index >= 15 is 0 Å². The Morgan fingerprint density at radius 1 is 1.29 bits per heavy atom. The Bertz CT molecular complexity index is 232. The molecule has 2 saturated heterocycles. The average molecular weight is 240 g/mol. The third-order valence-electron chi connectivity index (χ3n) is 4.52. The van der Waals surface area contributed by atoms with Crippen LogP contribution in [0.15, 0.2) is 0 Å². The number of piperidine rings is 1. The van der Waals surface area contributed by atoms with Gasteiger partial charge in [-0.3, -0.25) is 0 Å². The van der Waals surface area contributed by atoms with Crippen molar-refractivity contribution < 1.29 is 5.11 Å². The van der Waals surface area contributed by atoms with Crippen molar-refractivity contribution in [3.8, 4) is 0 Å². The minimum atomic E-state index is 0.304. The number of aliphatic hydroxyl groups excluding tert-OH is 1. The summed E-state index contributed by atoms with van der Waals surface area (Å²) in [4.78, 5) is 2.66. The summed E-state index contributed by atoms with van der Waals surface area (Å²) >= 11 is 0. The van der Waals surface area contributed by atoms with Crippen LogP contribution in [0.5, 0.6) is 0 Å². The van der Waals surface area contributed by atoms with Gasteiger partial charge in [-0.2, -0.15) is 0 Å². The standard InChI is InChI=1S/C14H28N2O/c1-11(2)14(6-9-17)15-12-5-8-16-7-3-4-13(16)10-12/h11-15,17H,3-10H2,1-2H3. The first kappa shape index (κ1) is 13.3. The van der Waals surface area contributed by atoms with Gasteiger partial charge in [0.1, 0.15) is 0 Å². The number of rotatable bonds is 5. The third-order valence-corrected chi connectivity index (χ3v) is 4.52. The summed E-state index contributed by atoms with van der Waals surface area (Å²) in [6, 6.07) is 1.99. The normalized spacial score (nSPS) is 31.8. The first-order chi connectivity index (χ1) is 8.20. The minimum absolute atomic E-state index is 0.304.